The van der Waals surface area contributed by atoms with Gasteiger partial charge in [0.15, 0.2) is 5.71 Å². The number of allylic oxidation sites excluding steroid dienone is 1. The highest BCUT2D eigenvalue weighted by atomic mass is 16.4. The van der Waals surface area contributed by atoms with E-state index in [-0.39, 0.29) is 5.71 Å². The molecular weight excluding hydrogens is 218 g/mol. The minimum atomic E-state index is -0.982. The first-order valence-electron chi connectivity index (χ1n) is 5.65. The quantitative estimate of drug-likeness (QED) is 0.853. The predicted molar refractivity (Wildman–Crippen MR) is 67.2 cm³/mol. The highest BCUT2D eigenvalue weighted by Crippen LogP contribution is 2.18. The summed E-state index contributed by atoms with van der Waals surface area (Å²) in [4.78, 5) is 15.0. The number of imidazole rings is 1. The average molecular weight is 235 g/mol. The summed E-state index contributed by atoms with van der Waals surface area (Å²) in [6.45, 7) is 7.78. The third-order valence-corrected chi connectivity index (χ3v) is 2.26. The van der Waals surface area contributed by atoms with E-state index in [1.807, 2.05) is 39.8 Å². The highest BCUT2D eigenvalue weighted by molar-refractivity contribution is 6.36. The number of carbonyl (C=O) groups is 1. The van der Waals surface area contributed by atoms with Crippen molar-refractivity contribution in [3.8, 4) is 0 Å². The number of aromatic nitrogens is 2. The van der Waals surface area contributed by atoms with Crippen LogP contribution in [0.2, 0.25) is 0 Å². The monoisotopic (exact) mass is 235 g/mol. The van der Waals surface area contributed by atoms with Crippen molar-refractivity contribution in [2.24, 2.45) is 5.10 Å². The normalized spacial score (nSPS) is 13.1. The number of fused-ring (bicyclic) bond motifs is 1. The Kier molecular flexibility index (Phi) is 4.20. The molecule has 0 aliphatic carbocycles. The molecule has 92 valence electrons. The third-order valence-electron chi connectivity index (χ3n) is 2.26. The molecule has 0 radical (unpaired) electrons. The number of rotatable bonds is 2. The fourth-order valence-corrected chi connectivity index (χ4v) is 1.59. The number of aliphatic carboxylic acids is 1. The summed E-state index contributed by atoms with van der Waals surface area (Å²) in [6.07, 6.45) is 4.05. The van der Waals surface area contributed by atoms with Crippen molar-refractivity contribution in [2.45, 2.75) is 34.1 Å². The minimum Gasteiger partial charge on any atom is -0.477 e. The fourth-order valence-electron chi connectivity index (χ4n) is 1.59. The van der Waals surface area contributed by atoms with Crippen LogP contribution < -0.4 is 0 Å². The van der Waals surface area contributed by atoms with E-state index >= 15 is 0 Å². The van der Waals surface area contributed by atoms with Gasteiger partial charge in [-0.15, -0.1) is 0 Å². The molecule has 0 aromatic carbocycles. The molecule has 0 amide bonds. The Bertz CT molecular complexity index is 484. The van der Waals surface area contributed by atoms with E-state index in [4.69, 9.17) is 5.11 Å². The molecule has 1 aromatic heterocycles. The van der Waals surface area contributed by atoms with Crippen molar-refractivity contribution in [1.82, 2.24) is 9.66 Å². The topological polar surface area (TPSA) is 67.5 Å². The van der Waals surface area contributed by atoms with Gasteiger partial charge in [0.25, 0.3) is 0 Å². The van der Waals surface area contributed by atoms with Crippen molar-refractivity contribution >= 4 is 17.8 Å². The summed E-state index contributed by atoms with van der Waals surface area (Å²) in [5.74, 6) is -0.289. The van der Waals surface area contributed by atoms with Crippen LogP contribution in [0.15, 0.2) is 11.2 Å². The van der Waals surface area contributed by atoms with Gasteiger partial charge in [0, 0.05) is 0 Å². The van der Waals surface area contributed by atoms with Gasteiger partial charge in [-0.25, -0.2) is 14.5 Å². The lowest BCUT2D eigenvalue weighted by Crippen LogP contribution is -2.12. The predicted octanol–water partition coefficient (Wildman–Crippen LogP) is 2.10. The summed E-state index contributed by atoms with van der Waals surface area (Å²) in [6, 6.07) is 0. The van der Waals surface area contributed by atoms with Crippen LogP contribution in [0.3, 0.4) is 0 Å². The molecule has 0 atom stereocenters. The first kappa shape index (κ1) is 13.2. The average Bonchev–Trinajstić information content (AvgIpc) is 2.82. The third kappa shape index (κ3) is 2.43. The molecule has 5 heteroatoms. The molecule has 0 spiro atoms. The van der Waals surface area contributed by atoms with Gasteiger partial charge in [-0.05, 0) is 19.9 Å². The molecule has 5 nitrogen and oxygen atoms in total. The summed E-state index contributed by atoms with van der Waals surface area (Å²) in [5.41, 5.74) is 1.86. The van der Waals surface area contributed by atoms with Gasteiger partial charge in [0.05, 0.1) is 17.8 Å². The standard InChI is InChI=1S/C10H11N3O2.C2H6/c1-3-4-8-6(2)11-9-5-7(10(14)15)12-13(8)9;1-2/h3-4H,5H2,1-2H3,(H,14,15);1-2H3/b4-3-;. The molecule has 0 unspecified atom stereocenters. The number of nitrogens with zero attached hydrogens (tertiary/aromatic N) is 3. The smallest absolute Gasteiger partial charge is 0.352 e. The van der Waals surface area contributed by atoms with Crippen molar-refractivity contribution in [1.29, 1.82) is 0 Å². The van der Waals surface area contributed by atoms with Crippen LogP contribution in [-0.4, -0.2) is 26.4 Å². The molecule has 1 aliphatic heterocycles. The molecular formula is C12H17N3O2. The van der Waals surface area contributed by atoms with Crippen LogP contribution >= 0.6 is 0 Å². The molecule has 1 N–H and O–H groups in total. The van der Waals surface area contributed by atoms with Crippen LogP contribution in [-0.2, 0) is 11.2 Å². The zero-order chi connectivity index (χ0) is 13.0. The molecule has 1 aliphatic rings. The van der Waals surface area contributed by atoms with E-state index in [0.717, 1.165) is 11.4 Å². The van der Waals surface area contributed by atoms with Gasteiger partial charge in [-0.2, -0.15) is 5.10 Å². The van der Waals surface area contributed by atoms with Crippen LogP contribution in [0.25, 0.3) is 6.08 Å². The molecule has 0 fully saturated rings. The van der Waals surface area contributed by atoms with E-state index in [9.17, 15) is 4.79 Å². The van der Waals surface area contributed by atoms with Crippen molar-refractivity contribution < 1.29 is 9.90 Å². The number of carboxylic acid groups (broad SMARTS) is 1. The van der Waals surface area contributed by atoms with Crippen molar-refractivity contribution in [3.63, 3.8) is 0 Å². The van der Waals surface area contributed by atoms with Crippen molar-refractivity contribution in [2.75, 3.05) is 0 Å². The number of aryl methyl sites for hydroxylation is 1. The van der Waals surface area contributed by atoms with Gasteiger partial charge >= 0.3 is 5.97 Å². The Labute approximate surface area is 100 Å². The summed E-state index contributed by atoms with van der Waals surface area (Å²) < 4.78 is 1.60. The van der Waals surface area contributed by atoms with Crippen LogP contribution in [0.4, 0.5) is 0 Å². The minimum absolute atomic E-state index is 0.142. The summed E-state index contributed by atoms with van der Waals surface area (Å²) in [5, 5.41) is 12.8. The lowest BCUT2D eigenvalue weighted by atomic mass is 10.3. The van der Waals surface area contributed by atoms with E-state index in [1.165, 1.54) is 0 Å². The van der Waals surface area contributed by atoms with Gasteiger partial charge in [-0.1, -0.05) is 19.9 Å². The first-order valence-corrected chi connectivity index (χ1v) is 5.65. The first-order chi connectivity index (χ1) is 8.13. The Balaban J connectivity index is 0.000000686. The van der Waals surface area contributed by atoms with E-state index in [2.05, 4.69) is 10.1 Å². The van der Waals surface area contributed by atoms with Gasteiger partial charge in [-0.3, -0.25) is 0 Å². The SMILES string of the molecule is C/C=C\c1c(C)nc2n1N=C(C(=O)O)C2.CC. The maximum Gasteiger partial charge on any atom is 0.352 e. The zero-order valence-electron chi connectivity index (χ0n) is 10.6. The van der Waals surface area contributed by atoms with Gasteiger partial charge < -0.3 is 5.11 Å². The Morgan fingerprint density at radius 2 is 2.12 bits per heavy atom. The number of hydrogen-bond acceptors (Lipinski definition) is 3. The van der Waals surface area contributed by atoms with Crippen LogP contribution in [0, 0.1) is 6.92 Å². The summed E-state index contributed by atoms with van der Waals surface area (Å²) in [7, 11) is 0. The molecule has 0 bridgehead atoms. The van der Waals surface area contributed by atoms with Crippen molar-refractivity contribution in [3.05, 3.63) is 23.3 Å². The Morgan fingerprint density at radius 1 is 1.47 bits per heavy atom. The van der Waals surface area contributed by atoms with Gasteiger partial charge in [0.1, 0.15) is 5.82 Å². The molecule has 0 saturated carbocycles. The second-order valence-corrected chi connectivity index (χ2v) is 3.34. The molecule has 0 saturated heterocycles. The van der Waals surface area contributed by atoms with Crippen LogP contribution in [0.5, 0.6) is 0 Å². The van der Waals surface area contributed by atoms with Gasteiger partial charge in [0.2, 0.25) is 0 Å². The lowest BCUT2D eigenvalue weighted by molar-refractivity contribution is -0.129. The van der Waals surface area contributed by atoms with E-state index in [1.54, 1.807) is 4.68 Å². The zero-order valence-corrected chi connectivity index (χ0v) is 10.6. The molecule has 2 heterocycles. The molecule has 17 heavy (non-hydrogen) atoms. The molecule has 1 aromatic rings. The summed E-state index contributed by atoms with van der Waals surface area (Å²) >= 11 is 0. The second kappa shape index (κ2) is 5.43. The van der Waals surface area contributed by atoms with Crippen LogP contribution in [0.1, 0.15) is 38.0 Å². The lowest BCUT2D eigenvalue weighted by Gasteiger charge is -1.95. The maximum atomic E-state index is 10.7. The Hall–Kier alpha value is -1.91. The molecule has 2 rings (SSSR count). The second-order valence-electron chi connectivity index (χ2n) is 3.34. The van der Waals surface area contributed by atoms with E-state index in [0.29, 0.717) is 12.2 Å². The largest absolute Gasteiger partial charge is 0.477 e. The number of carboxylic acids is 1. The number of hydrogen-bond donors (Lipinski definition) is 1. The maximum absolute atomic E-state index is 10.7. The fraction of sp³-hybridized carbons (Fsp3) is 0.417. The Morgan fingerprint density at radius 3 is 2.65 bits per heavy atom. The highest BCUT2D eigenvalue weighted by Gasteiger charge is 2.24. The van der Waals surface area contributed by atoms with E-state index < -0.39 is 5.97 Å².